The van der Waals surface area contributed by atoms with Gasteiger partial charge in [-0.3, -0.25) is 14.5 Å². The van der Waals surface area contributed by atoms with Gasteiger partial charge in [-0.2, -0.15) is 5.10 Å². The van der Waals surface area contributed by atoms with Crippen LogP contribution in [0, 0.1) is 6.92 Å². The third kappa shape index (κ3) is 4.42. The zero-order valence-corrected chi connectivity index (χ0v) is 25.1. The third-order valence-corrected chi connectivity index (χ3v) is 8.02. The van der Waals surface area contributed by atoms with Gasteiger partial charge in [0.2, 0.25) is 6.41 Å². The van der Waals surface area contributed by atoms with Gasteiger partial charge in [-0.15, -0.1) is 0 Å². The minimum Gasteiger partial charge on any atom is -0.494 e. The molecule has 1 aliphatic rings. The van der Waals surface area contributed by atoms with Crippen LogP contribution in [0.25, 0.3) is 5.69 Å². The Balaban J connectivity index is 1.93. The van der Waals surface area contributed by atoms with E-state index in [0.29, 0.717) is 56.1 Å². The van der Waals surface area contributed by atoms with E-state index in [1.54, 1.807) is 48.1 Å². The van der Waals surface area contributed by atoms with E-state index in [0.717, 1.165) is 11.3 Å². The molecule has 1 unspecified atom stereocenters. The molecule has 8 nitrogen and oxygen atoms in total. The van der Waals surface area contributed by atoms with Crippen LogP contribution in [-0.2, 0) is 10.3 Å². The lowest BCUT2D eigenvalue weighted by Crippen LogP contribution is -2.44. The zero-order valence-electron chi connectivity index (χ0n) is 23.6. The fourth-order valence-corrected chi connectivity index (χ4v) is 6.12. The largest absolute Gasteiger partial charge is 0.494 e. The van der Waals surface area contributed by atoms with Crippen molar-refractivity contribution >= 4 is 46.9 Å². The number of benzene rings is 3. The number of hydrogen-bond donors (Lipinski definition) is 1. The maximum absolute atomic E-state index is 14.5. The molecule has 1 aromatic heterocycles. The van der Waals surface area contributed by atoms with Crippen molar-refractivity contribution in [2.75, 3.05) is 24.4 Å². The topological polar surface area (TPSA) is 85.7 Å². The molecule has 3 aromatic carbocycles. The number of hydrogen-bond acceptors (Lipinski definition) is 5. The van der Waals surface area contributed by atoms with Crippen LogP contribution in [-0.4, -0.2) is 36.3 Å². The SMILES string of the molecule is COc1cccc(OC)c1-n1nc2c(c1C(C)C)C(C)(c1ccc(Cl)cc1NC=O)N(c1cc(Cl)ccc1C)C2=O. The van der Waals surface area contributed by atoms with Crippen LogP contribution in [0.15, 0.2) is 54.6 Å². The van der Waals surface area contributed by atoms with Crippen LogP contribution in [0.3, 0.4) is 0 Å². The first-order chi connectivity index (χ1) is 19.6. The summed E-state index contributed by atoms with van der Waals surface area (Å²) in [6.07, 6.45) is 0.595. The number of ether oxygens (including phenoxy) is 2. The molecule has 1 N–H and O–H groups in total. The van der Waals surface area contributed by atoms with Crippen molar-refractivity contribution in [3.05, 3.63) is 92.7 Å². The van der Waals surface area contributed by atoms with Crippen molar-refractivity contribution in [1.82, 2.24) is 9.78 Å². The second kappa shape index (κ2) is 10.8. The number of carbonyl (C=O) groups is 2. The van der Waals surface area contributed by atoms with Gasteiger partial charge in [0, 0.05) is 32.5 Å². The summed E-state index contributed by atoms with van der Waals surface area (Å²) in [5, 5.41) is 8.66. The van der Waals surface area contributed by atoms with Crippen molar-refractivity contribution in [3.8, 4) is 17.2 Å². The monoisotopic (exact) mass is 592 g/mol. The molecule has 5 rings (SSSR count). The predicted octanol–water partition coefficient (Wildman–Crippen LogP) is 7.12. The van der Waals surface area contributed by atoms with Crippen LogP contribution >= 0.6 is 23.2 Å². The van der Waals surface area contributed by atoms with Crippen molar-refractivity contribution in [3.63, 3.8) is 0 Å². The minimum absolute atomic E-state index is 0.0943. The summed E-state index contributed by atoms with van der Waals surface area (Å²) in [5.74, 6) is 0.676. The highest BCUT2D eigenvalue weighted by molar-refractivity contribution is 6.31. The minimum atomic E-state index is -1.13. The van der Waals surface area contributed by atoms with Crippen LogP contribution in [0.5, 0.6) is 11.5 Å². The number of rotatable bonds is 8. The van der Waals surface area contributed by atoms with Crippen LogP contribution in [0.4, 0.5) is 11.4 Å². The molecule has 0 spiro atoms. The molecule has 41 heavy (non-hydrogen) atoms. The molecule has 1 aliphatic heterocycles. The molecule has 0 saturated heterocycles. The molecule has 212 valence electrons. The summed E-state index contributed by atoms with van der Waals surface area (Å²) in [6, 6.07) is 16.1. The van der Waals surface area contributed by atoms with Crippen LogP contribution in [0.1, 0.15) is 59.6 Å². The average molecular weight is 594 g/mol. The standard InChI is InChI=1S/C31H30Cl2N4O4/c1-17(2)28-26-27(35-37(28)29-24(40-5)8-7-9-25(29)41-6)30(39)36(23-15-20(33)11-10-18(23)3)31(26,4)21-13-12-19(32)14-22(21)34-16-38/h7-17H,1-6H3,(H,34,38). The number of aromatic nitrogens is 2. The highest BCUT2D eigenvalue weighted by atomic mass is 35.5. The molecule has 10 heteroatoms. The van der Waals surface area contributed by atoms with Gasteiger partial charge in [-0.05, 0) is 61.7 Å². The van der Waals surface area contributed by atoms with Crippen LogP contribution in [0.2, 0.25) is 10.0 Å². The average Bonchev–Trinajstić information content (AvgIpc) is 3.44. The zero-order chi connectivity index (χ0) is 29.6. The first kappa shape index (κ1) is 28.5. The number of anilines is 2. The lowest BCUT2D eigenvalue weighted by molar-refractivity contribution is -0.105. The number of carbonyl (C=O) groups excluding carboxylic acids is 2. The third-order valence-electron chi connectivity index (χ3n) is 7.55. The summed E-state index contributed by atoms with van der Waals surface area (Å²) in [5.41, 5.74) is 3.81. The van der Waals surface area contributed by atoms with Gasteiger partial charge < -0.3 is 14.8 Å². The Morgan fingerprint density at radius 1 is 1.00 bits per heavy atom. The number of nitrogens with zero attached hydrogens (tertiary/aromatic N) is 3. The molecule has 0 bridgehead atoms. The molecule has 0 aliphatic carbocycles. The highest BCUT2D eigenvalue weighted by Gasteiger charge is 2.54. The lowest BCUT2D eigenvalue weighted by Gasteiger charge is -2.39. The fourth-order valence-electron chi connectivity index (χ4n) is 5.78. The molecular weight excluding hydrogens is 563 g/mol. The maximum atomic E-state index is 14.5. The van der Waals surface area contributed by atoms with E-state index in [2.05, 4.69) is 5.32 Å². The quantitative estimate of drug-likeness (QED) is 0.220. The summed E-state index contributed by atoms with van der Waals surface area (Å²) >= 11 is 12.8. The Kier molecular flexibility index (Phi) is 7.48. The van der Waals surface area contributed by atoms with Gasteiger partial charge >= 0.3 is 0 Å². The number of aryl methyl sites for hydroxylation is 1. The second-order valence-electron chi connectivity index (χ2n) is 10.3. The van der Waals surface area contributed by atoms with Crippen molar-refractivity contribution in [2.24, 2.45) is 0 Å². The Bertz CT molecular complexity index is 1660. The second-order valence-corrected chi connectivity index (χ2v) is 11.2. The Hall–Kier alpha value is -4.01. The molecule has 4 aromatic rings. The van der Waals surface area contributed by atoms with E-state index in [9.17, 15) is 9.59 Å². The summed E-state index contributed by atoms with van der Waals surface area (Å²) in [4.78, 5) is 28.0. The normalized spacial score (nSPS) is 16.2. The van der Waals surface area contributed by atoms with Crippen molar-refractivity contribution in [2.45, 2.75) is 39.2 Å². The highest BCUT2D eigenvalue weighted by Crippen LogP contribution is 2.53. The van der Waals surface area contributed by atoms with Gasteiger partial charge in [0.05, 0.1) is 19.9 Å². The van der Waals surface area contributed by atoms with E-state index in [1.165, 1.54) is 0 Å². The number of para-hydroxylation sites is 1. The smallest absolute Gasteiger partial charge is 0.280 e. The van der Waals surface area contributed by atoms with E-state index < -0.39 is 5.54 Å². The van der Waals surface area contributed by atoms with E-state index in [-0.39, 0.29) is 17.5 Å². The summed E-state index contributed by atoms with van der Waals surface area (Å²) < 4.78 is 13.2. The molecule has 0 fully saturated rings. The molecule has 2 amide bonds. The Labute approximate surface area is 248 Å². The number of nitrogens with one attached hydrogen (secondary N) is 1. The summed E-state index contributed by atoms with van der Waals surface area (Å²) in [7, 11) is 3.16. The Morgan fingerprint density at radius 3 is 2.24 bits per heavy atom. The molecule has 0 radical (unpaired) electrons. The first-order valence-electron chi connectivity index (χ1n) is 13.0. The number of amides is 2. The lowest BCUT2D eigenvalue weighted by atomic mass is 9.81. The van der Waals surface area contributed by atoms with Gasteiger partial charge in [0.25, 0.3) is 5.91 Å². The molecule has 2 heterocycles. The van der Waals surface area contributed by atoms with E-state index in [4.69, 9.17) is 37.8 Å². The summed E-state index contributed by atoms with van der Waals surface area (Å²) in [6.45, 7) is 7.96. The van der Waals surface area contributed by atoms with Crippen molar-refractivity contribution in [1.29, 1.82) is 0 Å². The number of fused-ring (bicyclic) bond motifs is 1. The van der Waals surface area contributed by atoms with Crippen LogP contribution < -0.4 is 19.7 Å². The molecular formula is C31H30Cl2N4O4. The van der Waals surface area contributed by atoms with Crippen molar-refractivity contribution < 1.29 is 19.1 Å². The molecule has 1 atom stereocenters. The Morgan fingerprint density at radius 2 is 1.63 bits per heavy atom. The van der Waals surface area contributed by atoms with E-state index in [1.807, 2.05) is 58.0 Å². The number of methoxy groups -OCH3 is 2. The van der Waals surface area contributed by atoms with Gasteiger partial charge in [0.15, 0.2) is 5.69 Å². The number of halogens is 2. The van der Waals surface area contributed by atoms with Gasteiger partial charge in [-0.1, -0.05) is 55.2 Å². The van der Waals surface area contributed by atoms with Gasteiger partial charge in [0.1, 0.15) is 22.7 Å². The van der Waals surface area contributed by atoms with E-state index >= 15 is 0 Å². The predicted molar refractivity (Wildman–Crippen MR) is 161 cm³/mol. The maximum Gasteiger partial charge on any atom is 0.280 e. The molecule has 0 saturated carbocycles. The van der Waals surface area contributed by atoms with Gasteiger partial charge in [-0.25, -0.2) is 4.68 Å². The first-order valence-corrected chi connectivity index (χ1v) is 13.8. The fraction of sp³-hybridized carbons (Fsp3) is 0.258.